The Morgan fingerprint density at radius 2 is 1.78 bits per heavy atom. The van der Waals surface area contributed by atoms with Gasteiger partial charge in [-0.05, 0) is 49.4 Å². The number of rotatable bonds is 6. The monoisotopic (exact) mass is 386 g/mol. The molecule has 1 heterocycles. The van der Waals surface area contributed by atoms with Gasteiger partial charge in [-0.25, -0.2) is 4.79 Å². The maximum atomic E-state index is 12.3. The van der Waals surface area contributed by atoms with Gasteiger partial charge in [0.25, 0.3) is 0 Å². The molecule has 7 nitrogen and oxygen atoms in total. The molecule has 0 aromatic heterocycles. The van der Waals surface area contributed by atoms with Gasteiger partial charge in [-0.15, -0.1) is 0 Å². The third-order valence-electron chi connectivity index (χ3n) is 4.14. The minimum absolute atomic E-state index is 0.0592. The van der Waals surface area contributed by atoms with Crippen molar-refractivity contribution in [3.05, 3.63) is 81.4 Å². The van der Waals surface area contributed by atoms with E-state index in [1.165, 1.54) is 48.2 Å². The fraction of sp³-hybridized carbons (Fsp3) is 0.263. The lowest BCUT2D eigenvalue weighted by Gasteiger charge is -2.11. The highest BCUT2D eigenvalue weighted by Crippen LogP contribution is 2.23. The maximum absolute atomic E-state index is 12.3. The van der Waals surface area contributed by atoms with E-state index >= 15 is 0 Å². The zero-order valence-electron chi connectivity index (χ0n) is 14.4. The smallest absolute Gasteiger partial charge is 0.383 e. The second-order valence-corrected chi connectivity index (χ2v) is 7.32. The fourth-order valence-corrected chi connectivity index (χ4v) is 3.72. The zero-order chi connectivity index (χ0) is 19.2. The highest BCUT2D eigenvalue weighted by molar-refractivity contribution is 8.14. The van der Waals surface area contributed by atoms with Gasteiger partial charge in [0, 0.05) is 17.4 Å². The number of benzene rings is 2. The molecule has 3 rings (SSSR count). The molecule has 1 N–H and O–H groups in total. The van der Waals surface area contributed by atoms with Crippen LogP contribution in [0.2, 0.25) is 0 Å². The average Bonchev–Trinajstić information content (AvgIpc) is 3.19. The molecule has 0 amide bonds. The Labute approximate surface area is 160 Å². The SMILES string of the molecule is O=C(OC(c1ccccc1)[N+](=O)[O-])c1ccc(C(=O)SC2CCNC2)cc1. The zero-order valence-corrected chi connectivity index (χ0v) is 15.2. The molecule has 1 aliphatic heterocycles. The molecule has 0 aliphatic carbocycles. The molecule has 1 fully saturated rings. The molecule has 0 radical (unpaired) electrons. The van der Waals surface area contributed by atoms with Crippen LogP contribution in [0, 0.1) is 10.1 Å². The lowest BCUT2D eigenvalue weighted by atomic mass is 10.1. The Morgan fingerprint density at radius 3 is 2.37 bits per heavy atom. The van der Waals surface area contributed by atoms with Crippen LogP contribution in [0.5, 0.6) is 0 Å². The second-order valence-electron chi connectivity index (χ2n) is 6.05. The fourth-order valence-electron chi connectivity index (χ4n) is 2.71. The normalized spacial score (nSPS) is 17.3. The number of nitrogens with zero attached hydrogens (tertiary/aromatic N) is 1. The van der Waals surface area contributed by atoms with E-state index in [0.717, 1.165) is 19.5 Å². The van der Waals surface area contributed by atoms with Crippen molar-refractivity contribution in [1.82, 2.24) is 5.32 Å². The van der Waals surface area contributed by atoms with Gasteiger partial charge in [-0.1, -0.05) is 30.0 Å². The second kappa shape index (κ2) is 8.79. The summed E-state index contributed by atoms with van der Waals surface area (Å²) in [6.07, 6.45) is -0.631. The first-order valence-corrected chi connectivity index (χ1v) is 9.34. The summed E-state index contributed by atoms with van der Waals surface area (Å²) < 4.78 is 5.06. The predicted octanol–water partition coefficient (Wildman–Crippen LogP) is 3.05. The van der Waals surface area contributed by atoms with Crippen LogP contribution in [0.25, 0.3) is 0 Å². The highest BCUT2D eigenvalue weighted by atomic mass is 32.2. The van der Waals surface area contributed by atoms with Crippen LogP contribution in [0.1, 0.15) is 38.9 Å². The minimum Gasteiger partial charge on any atom is -0.390 e. The summed E-state index contributed by atoms with van der Waals surface area (Å²) >= 11 is 1.28. The number of hydrogen-bond donors (Lipinski definition) is 1. The Bertz CT molecular complexity index is 820. The van der Waals surface area contributed by atoms with E-state index in [2.05, 4.69) is 5.32 Å². The standard InChI is InChI=1S/C19H18N2O5S/c22-18(26-17(21(24)25)13-4-2-1-3-5-13)14-6-8-15(9-7-14)19(23)27-16-10-11-20-12-16/h1-9,16-17,20H,10-12H2. The lowest BCUT2D eigenvalue weighted by Crippen LogP contribution is -2.19. The molecule has 8 heteroatoms. The molecule has 1 aliphatic rings. The summed E-state index contributed by atoms with van der Waals surface area (Å²) in [7, 11) is 0. The van der Waals surface area contributed by atoms with Crippen LogP contribution in [0.3, 0.4) is 0 Å². The third-order valence-corrected chi connectivity index (χ3v) is 5.33. The summed E-state index contributed by atoms with van der Waals surface area (Å²) in [5.74, 6) is -0.813. The van der Waals surface area contributed by atoms with Crippen LogP contribution < -0.4 is 5.32 Å². The number of carbonyl (C=O) groups excluding carboxylic acids is 2. The molecule has 27 heavy (non-hydrogen) atoms. The van der Waals surface area contributed by atoms with Crippen molar-refractivity contribution in [1.29, 1.82) is 0 Å². The van der Waals surface area contributed by atoms with E-state index in [9.17, 15) is 19.7 Å². The van der Waals surface area contributed by atoms with Crippen molar-refractivity contribution >= 4 is 22.8 Å². The Balaban J connectivity index is 1.66. The Morgan fingerprint density at radius 1 is 1.11 bits per heavy atom. The van der Waals surface area contributed by atoms with Crippen LogP contribution in [-0.2, 0) is 4.74 Å². The van der Waals surface area contributed by atoms with Gasteiger partial charge in [0.2, 0.25) is 5.12 Å². The summed E-state index contributed by atoms with van der Waals surface area (Å²) in [5.41, 5.74) is 0.920. The number of hydrogen-bond acceptors (Lipinski definition) is 7. The van der Waals surface area contributed by atoms with Crippen molar-refractivity contribution in [3.63, 3.8) is 0 Å². The van der Waals surface area contributed by atoms with Gasteiger partial charge >= 0.3 is 12.2 Å². The van der Waals surface area contributed by atoms with Crippen LogP contribution in [-0.4, -0.2) is 34.3 Å². The number of esters is 1. The first kappa shape index (κ1) is 19.1. The van der Waals surface area contributed by atoms with Crippen molar-refractivity contribution < 1.29 is 19.2 Å². The number of nitrogens with one attached hydrogen (secondary N) is 1. The molecule has 2 aromatic carbocycles. The first-order chi connectivity index (χ1) is 13.0. The van der Waals surface area contributed by atoms with Crippen molar-refractivity contribution in [3.8, 4) is 0 Å². The van der Waals surface area contributed by atoms with Crippen LogP contribution >= 0.6 is 11.8 Å². The third kappa shape index (κ3) is 4.93. The number of nitro groups is 1. The van der Waals surface area contributed by atoms with E-state index in [0.29, 0.717) is 5.56 Å². The van der Waals surface area contributed by atoms with E-state index in [1.807, 2.05) is 0 Å². The van der Waals surface area contributed by atoms with Gasteiger partial charge in [0.15, 0.2) is 0 Å². The summed E-state index contributed by atoms with van der Waals surface area (Å²) in [5, 5.41) is 14.7. The summed E-state index contributed by atoms with van der Waals surface area (Å²) in [6.45, 7) is 1.72. The van der Waals surface area contributed by atoms with E-state index in [4.69, 9.17) is 4.74 Å². The van der Waals surface area contributed by atoms with Gasteiger partial charge in [-0.2, -0.15) is 0 Å². The molecule has 2 unspecified atom stereocenters. The molecule has 140 valence electrons. The predicted molar refractivity (Wildman–Crippen MR) is 101 cm³/mol. The van der Waals surface area contributed by atoms with Crippen molar-refractivity contribution in [2.45, 2.75) is 17.9 Å². The number of carbonyl (C=O) groups is 2. The van der Waals surface area contributed by atoms with Gasteiger partial charge < -0.3 is 10.1 Å². The van der Waals surface area contributed by atoms with Gasteiger partial charge in [0.1, 0.15) is 0 Å². The molecular formula is C19H18N2O5S. The van der Waals surface area contributed by atoms with Crippen molar-refractivity contribution in [2.75, 3.05) is 13.1 Å². The Hall–Kier alpha value is -2.71. The minimum atomic E-state index is -1.58. The number of thioether (sulfide) groups is 1. The quantitative estimate of drug-likeness (QED) is 0.353. The van der Waals surface area contributed by atoms with E-state index in [1.54, 1.807) is 18.2 Å². The topological polar surface area (TPSA) is 98.5 Å². The molecule has 0 spiro atoms. The van der Waals surface area contributed by atoms with E-state index < -0.39 is 17.1 Å². The van der Waals surface area contributed by atoms with Gasteiger partial charge in [-0.3, -0.25) is 14.9 Å². The number of ether oxygens (including phenoxy) is 1. The average molecular weight is 386 g/mol. The van der Waals surface area contributed by atoms with Gasteiger partial charge in [0.05, 0.1) is 16.1 Å². The maximum Gasteiger partial charge on any atom is 0.383 e. The summed E-state index contributed by atoms with van der Waals surface area (Å²) in [4.78, 5) is 35.1. The van der Waals surface area contributed by atoms with E-state index in [-0.39, 0.29) is 21.5 Å². The molecule has 2 aromatic rings. The van der Waals surface area contributed by atoms with Crippen molar-refractivity contribution in [2.24, 2.45) is 0 Å². The Kier molecular flexibility index (Phi) is 6.20. The highest BCUT2D eigenvalue weighted by Gasteiger charge is 2.28. The molecule has 1 saturated heterocycles. The lowest BCUT2D eigenvalue weighted by molar-refractivity contribution is -0.574. The van der Waals surface area contributed by atoms with Crippen LogP contribution in [0.4, 0.5) is 0 Å². The molecular weight excluding hydrogens is 368 g/mol. The summed E-state index contributed by atoms with van der Waals surface area (Å²) in [6, 6.07) is 14.0. The molecule has 0 saturated carbocycles. The first-order valence-electron chi connectivity index (χ1n) is 8.46. The largest absolute Gasteiger partial charge is 0.390 e. The van der Waals surface area contributed by atoms with Crippen LogP contribution in [0.15, 0.2) is 54.6 Å². The molecule has 0 bridgehead atoms. The molecule has 2 atom stereocenters.